The predicted octanol–water partition coefficient (Wildman–Crippen LogP) is 5.03. The lowest BCUT2D eigenvalue weighted by molar-refractivity contribution is 0.0957. The second-order valence-corrected chi connectivity index (χ2v) is 8.11. The predicted molar refractivity (Wildman–Crippen MR) is 126 cm³/mol. The Hall–Kier alpha value is -2.57. The maximum Gasteiger partial charge on any atom is 0.261 e. The number of nitrogens with zero attached hydrogens (tertiary/aromatic N) is 1. The normalized spacial score (nSPS) is 11.3. The average Bonchev–Trinajstić information content (AvgIpc) is 3.22. The van der Waals surface area contributed by atoms with Crippen LogP contribution in [0.15, 0.2) is 65.7 Å². The Kier molecular flexibility index (Phi) is 7.49. The minimum Gasteiger partial charge on any atom is -0.351 e. The number of hydrogen-bond acceptors (Lipinski definition) is 4. The van der Waals surface area contributed by atoms with Crippen molar-refractivity contribution in [2.75, 3.05) is 13.1 Å². The maximum atomic E-state index is 12.4. The zero-order chi connectivity index (χ0) is 20.6. The molecule has 0 spiro atoms. The molecule has 1 heterocycles. The molecule has 2 aromatic carbocycles. The second-order valence-electron chi connectivity index (χ2n) is 6.80. The largest absolute Gasteiger partial charge is 0.351 e. The van der Waals surface area contributed by atoms with Gasteiger partial charge in [0.05, 0.1) is 4.88 Å². The molecule has 0 saturated carbocycles. The first-order chi connectivity index (χ1) is 14.1. The van der Waals surface area contributed by atoms with Gasteiger partial charge in [0.15, 0.2) is 0 Å². The van der Waals surface area contributed by atoms with Crippen molar-refractivity contribution in [3.63, 3.8) is 0 Å². The monoisotopic (exact) mass is 423 g/mol. The number of carbonyl (C=O) groups excluding carboxylic acids is 1. The van der Waals surface area contributed by atoms with Crippen molar-refractivity contribution < 1.29 is 4.79 Å². The molecular formula is C23H25N3OS2. The van der Waals surface area contributed by atoms with Crippen LogP contribution in [-0.4, -0.2) is 24.8 Å². The first-order valence-corrected chi connectivity index (χ1v) is 10.8. The Morgan fingerprint density at radius 2 is 1.90 bits per heavy atom. The SMILES string of the molecule is Cc1cccc(-c2ccc(C(=O)NCCCN=C(NS)c3ccccc3C)s2)c1. The highest BCUT2D eigenvalue weighted by Crippen LogP contribution is 2.28. The smallest absolute Gasteiger partial charge is 0.261 e. The molecule has 0 fully saturated rings. The average molecular weight is 424 g/mol. The highest BCUT2D eigenvalue weighted by Gasteiger charge is 2.10. The first kappa shape index (κ1) is 21.1. The molecule has 0 bridgehead atoms. The van der Waals surface area contributed by atoms with Gasteiger partial charge in [-0.05, 0) is 43.5 Å². The third-order valence-corrected chi connectivity index (χ3v) is 5.87. The van der Waals surface area contributed by atoms with E-state index in [4.69, 9.17) is 0 Å². The van der Waals surface area contributed by atoms with E-state index >= 15 is 0 Å². The van der Waals surface area contributed by atoms with E-state index in [0.29, 0.717) is 13.1 Å². The number of amides is 1. The molecule has 0 aliphatic rings. The molecule has 2 N–H and O–H groups in total. The summed E-state index contributed by atoms with van der Waals surface area (Å²) in [5.41, 5.74) is 4.53. The lowest BCUT2D eigenvalue weighted by Crippen LogP contribution is -2.24. The van der Waals surface area contributed by atoms with E-state index in [1.807, 2.05) is 49.4 Å². The van der Waals surface area contributed by atoms with E-state index in [0.717, 1.165) is 38.7 Å². The molecule has 0 saturated heterocycles. The van der Waals surface area contributed by atoms with E-state index in [1.54, 1.807) is 0 Å². The zero-order valence-electron chi connectivity index (χ0n) is 16.6. The minimum atomic E-state index is -0.0377. The summed E-state index contributed by atoms with van der Waals surface area (Å²) in [7, 11) is 0. The van der Waals surface area contributed by atoms with Gasteiger partial charge >= 0.3 is 0 Å². The van der Waals surface area contributed by atoms with Crippen LogP contribution < -0.4 is 10.0 Å². The van der Waals surface area contributed by atoms with Crippen LogP contribution in [-0.2, 0) is 0 Å². The van der Waals surface area contributed by atoms with Crippen molar-refractivity contribution in [3.8, 4) is 10.4 Å². The van der Waals surface area contributed by atoms with E-state index in [-0.39, 0.29) is 5.91 Å². The van der Waals surface area contributed by atoms with Crippen molar-refractivity contribution in [2.24, 2.45) is 4.99 Å². The van der Waals surface area contributed by atoms with Crippen molar-refractivity contribution in [3.05, 3.63) is 82.2 Å². The number of rotatable bonds is 7. The van der Waals surface area contributed by atoms with Gasteiger partial charge in [-0.25, -0.2) is 0 Å². The molecule has 150 valence electrons. The Balaban J connectivity index is 1.51. The third-order valence-electron chi connectivity index (χ3n) is 4.53. The minimum absolute atomic E-state index is 0.0377. The summed E-state index contributed by atoms with van der Waals surface area (Å²) in [5.74, 6) is 0.711. The molecule has 3 aromatic rings. The number of carbonyl (C=O) groups is 1. The molecule has 29 heavy (non-hydrogen) atoms. The van der Waals surface area contributed by atoms with Crippen LogP contribution in [0.25, 0.3) is 10.4 Å². The third kappa shape index (κ3) is 5.71. The first-order valence-electron chi connectivity index (χ1n) is 9.54. The standard InChI is InChI=1S/C23H25N3OS2/c1-16-7-5-9-18(15-16)20-11-12-21(29-20)23(27)25-14-6-13-24-22(26-28)19-10-4-3-8-17(19)2/h3-5,7-12,15,28H,6,13-14H2,1-2H3,(H,24,26)(H,25,27). The van der Waals surface area contributed by atoms with E-state index < -0.39 is 0 Å². The highest BCUT2D eigenvalue weighted by molar-refractivity contribution is 7.78. The van der Waals surface area contributed by atoms with Gasteiger partial charge < -0.3 is 10.0 Å². The molecule has 0 atom stereocenters. The van der Waals surface area contributed by atoms with Crippen LogP contribution >= 0.6 is 24.2 Å². The molecule has 1 aromatic heterocycles. The molecule has 0 radical (unpaired) electrons. The quantitative estimate of drug-likeness (QED) is 0.216. The Labute approximate surface area is 181 Å². The number of thiophene rings is 1. The van der Waals surface area contributed by atoms with Gasteiger partial charge in [-0.15, -0.1) is 11.3 Å². The molecule has 4 nitrogen and oxygen atoms in total. The van der Waals surface area contributed by atoms with Crippen LogP contribution in [0.5, 0.6) is 0 Å². The van der Waals surface area contributed by atoms with E-state index in [1.165, 1.54) is 16.9 Å². The fraction of sp³-hybridized carbons (Fsp3) is 0.217. The Morgan fingerprint density at radius 1 is 1.07 bits per heavy atom. The van der Waals surface area contributed by atoms with Crippen molar-refractivity contribution in [1.82, 2.24) is 10.0 Å². The zero-order valence-corrected chi connectivity index (χ0v) is 18.3. The van der Waals surface area contributed by atoms with Gasteiger partial charge in [0, 0.05) is 23.5 Å². The molecule has 0 unspecified atom stereocenters. The maximum absolute atomic E-state index is 12.4. The van der Waals surface area contributed by atoms with Crippen molar-refractivity contribution >= 4 is 35.9 Å². The Bertz CT molecular complexity index is 1010. The highest BCUT2D eigenvalue weighted by atomic mass is 32.1. The summed E-state index contributed by atoms with van der Waals surface area (Å²) in [4.78, 5) is 18.8. The van der Waals surface area contributed by atoms with Gasteiger partial charge in [0.25, 0.3) is 5.91 Å². The van der Waals surface area contributed by atoms with Crippen LogP contribution in [0.1, 0.15) is 32.8 Å². The van der Waals surface area contributed by atoms with Gasteiger partial charge in [-0.2, -0.15) is 0 Å². The second kappa shape index (κ2) is 10.3. The van der Waals surface area contributed by atoms with Crippen molar-refractivity contribution in [1.29, 1.82) is 0 Å². The van der Waals surface area contributed by atoms with E-state index in [9.17, 15) is 4.79 Å². The number of nitrogens with one attached hydrogen (secondary N) is 2. The number of aliphatic imine (C=N–C) groups is 1. The topological polar surface area (TPSA) is 53.5 Å². The number of thiol groups is 1. The molecule has 0 aliphatic carbocycles. The lowest BCUT2D eigenvalue weighted by Gasteiger charge is -2.08. The molecular weight excluding hydrogens is 398 g/mol. The summed E-state index contributed by atoms with van der Waals surface area (Å²) < 4.78 is 2.87. The number of aryl methyl sites for hydroxylation is 2. The molecule has 3 rings (SSSR count). The van der Waals surface area contributed by atoms with Crippen LogP contribution in [0.3, 0.4) is 0 Å². The fourth-order valence-electron chi connectivity index (χ4n) is 2.99. The Morgan fingerprint density at radius 3 is 2.66 bits per heavy atom. The summed E-state index contributed by atoms with van der Waals surface area (Å²) in [6.07, 6.45) is 0.757. The van der Waals surface area contributed by atoms with Crippen LogP contribution in [0.2, 0.25) is 0 Å². The summed E-state index contributed by atoms with van der Waals surface area (Å²) in [5, 5.41) is 2.98. The summed E-state index contributed by atoms with van der Waals surface area (Å²) >= 11 is 5.68. The molecule has 0 aliphatic heterocycles. The lowest BCUT2D eigenvalue weighted by atomic mass is 10.1. The number of benzene rings is 2. The van der Waals surface area contributed by atoms with Gasteiger partial charge in [0.1, 0.15) is 5.84 Å². The number of hydrogen-bond donors (Lipinski definition) is 3. The van der Waals surface area contributed by atoms with Crippen LogP contribution in [0.4, 0.5) is 0 Å². The summed E-state index contributed by atoms with van der Waals surface area (Å²) in [6.45, 7) is 5.30. The van der Waals surface area contributed by atoms with Crippen molar-refractivity contribution in [2.45, 2.75) is 20.3 Å². The fourth-order valence-corrected chi connectivity index (χ4v) is 4.10. The van der Waals surface area contributed by atoms with Gasteiger partial charge in [-0.1, -0.05) is 66.9 Å². The van der Waals surface area contributed by atoms with Gasteiger partial charge in [0.2, 0.25) is 0 Å². The van der Waals surface area contributed by atoms with Gasteiger partial charge in [-0.3, -0.25) is 9.79 Å². The van der Waals surface area contributed by atoms with Crippen LogP contribution in [0, 0.1) is 13.8 Å². The number of amidine groups is 1. The molecule has 1 amide bonds. The summed E-state index contributed by atoms with van der Waals surface area (Å²) in [6, 6.07) is 20.2. The van der Waals surface area contributed by atoms with E-state index in [2.05, 4.69) is 53.0 Å². The molecule has 6 heteroatoms.